The van der Waals surface area contributed by atoms with Gasteiger partial charge in [0.25, 0.3) is 5.91 Å². The number of nitrogens with zero attached hydrogens (tertiary/aromatic N) is 1. The lowest BCUT2D eigenvalue weighted by Gasteiger charge is -2.32. The molecule has 1 atom stereocenters. The van der Waals surface area contributed by atoms with Gasteiger partial charge in [-0.25, -0.2) is 0 Å². The van der Waals surface area contributed by atoms with Crippen molar-refractivity contribution in [2.24, 2.45) is 0 Å². The van der Waals surface area contributed by atoms with Crippen LogP contribution in [0, 0.1) is 13.8 Å². The Bertz CT molecular complexity index is 1180. The highest BCUT2D eigenvalue weighted by atomic mass is 35.5. The molecule has 36 heavy (non-hydrogen) atoms. The summed E-state index contributed by atoms with van der Waals surface area (Å²) in [5, 5.41) is 3.82. The first-order chi connectivity index (χ1) is 17.2. The van der Waals surface area contributed by atoms with Gasteiger partial charge in [0.1, 0.15) is 11.8 Å². The Kier molecular flexibility index (Phi) is 9.80. The second kappa shape index (κ2) is 12.8. The topological polar surface area (TPSA) is 58.6 Å². The largest absolute Gasteiger partial charge is 0.483 e. The Labute approximate surface area is 223 Å². The Morgan fingerprint density at radius 3 is 2.22 bits per heavy atom. The number of ether oxygens (including phenoxy) is 1. The highest BCUT2D eigenvalue weighted by Gasteiger charge is 2.32. The highest BCUT2D eigenvalue weighted by molar-refractivity contribution is 6.36. The maximum atomic E-state index is 13.7. The van der Waals surface area contributed by atoms with Crippen LogP contribution in [-0.4, -0.2) is 35.4 Å². The monoisotopic (exact) mass is 526 g/mol. The molecule has 0 radical (unpaired) electrons. The quantitative estimate of drug-likeness (QED) is 0.344. The Hall–Kier alpha value is -3.02. The summed E-state index contributed by atoms with van der Waals surface area (Å²) in [6, 6.07) is 19.7. The zero-order chi connectivity index (χ0) is 26.2. The third-order valence-electron chi connectivity index (χ3n) is 5.77. The Balaban J connectivity index is 1.97. The number of hydrogen-bond acceptors (Lipinski definition) is 3. The van der Waals surface area contributed by atoms with Gasteiger partial charge in [-0.15, -0.1) is 0 Å². The molecule has 0 aromatic heterocycles. The molecule has 190 valence electrons. The molecular formula is C29H32Cl2N2O3. The molecule has 0 aliphatic rings. The minimum absolute atomic E-state index is 0.0661. The predicted molar refractivity (Wildman–Crippen MR) is 146 cm³/mol. The van der Waals surface area contributed by atoms with Crippen LogP contribution in [-0.2, 0) is 22.6 Å². The first-order valence-electron chi connectivity index (χ1n) is 11.9. The molecule has 0 spiro atoms. The summed E-state index contributed by atoms with van der Waals surface area (Å²) in [6.07, 6.45) is 0.330. The number of amides is 2. The highest BCUT2D eigenvalue weighted by Crippen LogP contribution is 2.27. The molecule has 3 aromatic carbocycles. The second-order valence-corrected chi connectivity index (χ2v) is 9.96. The molecule has 2 amide bonds. The van der Waals surface area contributed by atoms with Crippen LogP contribution in [0.4, 0.5) is 0 Å². The molecule has 0 aliphatic carbocycles. The van der Waals surface area contributed by atoms with Gasteiger partial charge in [-0.1, -0.05) is 77.3 Å². The number of nitrogens with one attached hydrogen (secondary N) is 1. The van der Waals surface area contributed by atoms with Crippen LogP contribution in [0.1, 0.15) is 36.1 Å². The minimum Gasteiger partial charge on any atom is -0.483 e. The van der Waals surface area contributed by atoms with E-state index in [4.69, 9.17) is 27.9 Å². The van der Waals surface area contributed by atoms with E-state index in [9.17, 15) is 9.59 Å². The summed E-state index contributed by atoms with van der Waals surface area (Å²) in [7, 11) is 0. The van der Waals surface area contributed by atoms with Crippen molar-refractivity contribution < 1.29 is 14.3 Å². The molecule has 0 aliphatic heterocycles. The molecule has 0 fully saturated rings. The van der Waals surface area contributed by atoms with Gasteiger partial charge in [-0.05, 0) is 57.0 Å². The molecule has 0 saturated carbocycles. The van der Waals surface area contributed by atoms with Gasteiger partial charge in [0.15, 0.2) is 6.61 Å². The zero-order valence-electron chi connectivity index (χ0n) is 21.1. The fourth-order valence-electron chi connectivity index (χ4n) is 3.97. The number of benzene rings is 3. The van der Waals surface area contributed by atoms with Gasteiger partial charge in [-0.3, -0.25) is 9.59 Å². The van der Waals surface area contributed by atoms with Gasteiger partial charge in [0.2, 0.25) is 5.91 Å². The summed E-state index contributed by atoms with van der Waals surface area (Å²) >= 11 is 12.9. The van der Waals surface area contributed by atoms with E-state index in [1.807, 2.05) is 76.2 Å². The summed E-state index contributed by atoms with van der Waals surface area (Å²) < 4.78 is 5.91. The number of carbonyl (C=O) groups excluding carboxylic acids is 2. The van der Waals surface area contributed by atoms with Crippen molar-refractivity contribution in [3.05, 3.63) is 99.0 Å². The van der Waals surface area contributed by atoms with Gasteiger partial charge < -0.3 is 15.0 Å². The SMILES string of the molecule is Cc1ccc(OCC(=O)N(Cc2c(Cl)cccc2Cl)C(Cc2ccccc2)C(=O)NC(C)C)c(C)c1. The number of hydrogen-bond donors (Lipinski definition) is 1. The van der Waals surface area contributed by atoms with E-state index in [1.54, 1.807) is 18.2 Å². The van der Waals surface area contributed by atoms with Gasteiger partial charge in [0, 0.05) is 34.6 Å². The summed E-state index contributed by atoms with van der Waals surface area (Å²) in [6.45, 7) is 7.54. The second-order valence-electron chi connectivity index (χ2n) is 9.15. The van der Waals surface area contributed by atoms with E-state index in [1.165, 1.54) is 4.90 Å². The van der Waals surface area contributed by atoms with Crippen LogP contribution >= 0.6 is 23.2 Å². The van der Waals surface area contributed by atoms with Crippen molar-refractivity contribution >= 4 is 35.0 Å². The first kappa shape index (κ1) is 27.6. The van der Waals surface area contributed by atoms with E-state index in [-0.39, 0.29) is 31.0 Å². The molecule has 3 rings (SSSR count). The lowest BCUT2D eigenvalue weighted by molar-refractivity contribution is -0.143. The first-order valence-corrected chi connectivity index (χ1v) is 12.7. The van der Waals surface area contributed by atoms with Crippen molar-refractivity contribution in [1.29, 1.82) is 0 Å². The number of halogens is 2. The molecule has 1 N–H and O–H groups in total. The van der Waals surface area contributed by atoms with Crippen molar-refractivity contribution in [2.75, 3.05) is 6.61 Å². The normalized spacial score (nSPS) is 11.8. The van der Waals surface area contributed by atoms with E-state index in [0.29, 0.717) is 27.8 Å². The van der Waals surface area contributed by atoms with Crippen LogP contribution < -0.4 is 10.1 Å². The van der Waals surface area contributed by atoms with Gasteiger partial charge >= 0.3 is 0 Å². The molecule has 0 bridgehead atoms. The third kappa shape index (κ3) is 7.49. The van der Waals surface area contributed by atoms with Crippen LogP contribution in [0.25, 0.3) is 0 Å². The molecule has 3 aromatic rings. The van der Waals surface area contributed by atoms with Gasteiger partial charge in [-0.2, -0.15) is 0 Å². The summed E-state index contributed by atoms with van der Waals surface area (Å²) in [4.78, 5) is 28.6. The summed E-state index contributed by atoms with van der Waals surface area (Å²) in [5.41, 5.74) is 3.55. The van der Waals surface area contributed by atoms with Crippen LogP contribution in [0.15, 0.2) is 66.7 Å². The zero-order valence-corrected chi connectivity index (χ0v) is 22.6. The van der Waals surface area contributed by atoms with Crippen molar-refractivity contribution in [1.82, 2.24) is 10.2 Å². The number of rotatable bonds is 10. The average Bonchev–Trinajstić information content (AvgIpc) is 2.82. The fourth-order valence-corrected chi connectivity index (χ4v) is 4.49. The van der Waals surface area contributed by atoms with Crippen LogP contribution in [0.3, 0.4) is 0 Å². The lowest BCUT2D eigenvalue weighted by Crippen LogP contribution is -2.53. The molecule has 0 saturated heterocycles. The molecule has 5 nitrogen and oxygen atoms in total. The van der Waals surface area contributed by atoms with E-state index < -0.39 is 6.04 Å². The molecular weight excluding hydrogens is 495 g/mol. The van der Waals surface area contributed by atoms with Crippen LogP contribution in [0.5, 0.6) is 5.75 Å². The fraction of sp³-hybridized carbons (Fsp3) is 0.310. The minimum atomic E-state index is -0.794. The van der Waals surface area contributed by atoms with Crippen molar-refractivity contribution in [3.8, 4) is 5.75 Å². The predicted octanol–water partition coefficient (Wildman–Crippen LogP) is 6.15. The molecule has 7 heteroatoms. The third-order valence-corrected chi connectivity index (χ3v) is 6.48. The van der Waals surface area contributed by atoms with E-state index in [2.05, 4.69) is 5.32 Å². The Morgan fingerprint density at radius 2 is 1.61 bits per heavy atom. The molecule has 0 heterocycles. The maximum Gasteiger partial charge on any atom is 0.261 e. The van der Waals surface area contributed by atoms with Crippen molar-refractivity contribution in [3.63, 3.8) is 0 Å². The van der Waals surface area contributed by atoms with E-state index in [0.717, 1.165) is 16.7 Å². The lowest BCUT2D eigenvalue weighted by atomic mass is 10.0. The van der Waals surface area contributed by atoms with Crippen LogP contribution in [0.2, 0.25) is 10.0 Å². The number of carbonyl (C=O) groups is 2. The Morgan fingerprint density at radius 1 is 0.944 bits per heavy atom. The summed E-state index contributed by atoms with van der Waals surface area (Å²) in [5.74, 6) is 0.0265. The van der Waals surface area contributed by atoms with E-state index >= 15 is 0 Å². The average molecular weight is 527 g/mol. The smallest absolute Gasteiger partial charge is 0.261 e. The van der Waals surface area contributed by atoms with Gasteiger partial charge in [0.05, 0.1) is 0 Å². The standard InChI is InChI=1S/C29H32Cl2N2O3/c1-19(2)32-29(35)26(16-22-9-6-5-7-10-22)33(17-23-24(30)11-8-12-25(23)31)28(34)18-36-27-14-13-20(3)15-21(27)4/h5-15,19,26H,16-18H2,1-4H3,(H,32,35). The maximum absolute atomic E-state index is 13.7. The van der Waals surface area contributed by atoms with Crippen molar-refractivity contribution in [2.45, 2.75) is 52.7 Å². The number of aryl methyl sites for hydroxylation is 2. The molecule has 1 unspecified atom stereocenters.